The van der Waals surface area contributed by atoms with E-state index >= 15 is 0 Å². The lowest BCUT2D eigenvalue weighted by Crippen LogP contribution is -2.47. The lowest BCUT2D eigenvalue weighted by Gasteiger charge is -2.19. The largest absolute Gasteiger partial charge is 0.452 e. The second-order valence-corrected chi connectivity index (χ2v) is 5.37. The Kier molecular flexibility index (Phi) is 5.91. The number of hydrogen-bond donors (Lipinski definition) is 2. The molecule has 2 N–H and O–H groups in total. The molecule has 0 aliphatic heterocycles. The topological polar surface area (TPSA) is 84.5 Å². The molecule has 2 amide bonds. The van der Waals surface area contributed by atoms with E-state index in [0.29, 0.717) is 12.0 Å². The van der Waals surface area contributed by atoms with Gasteiger partial charge in [-0.25, -0.2) is 0 Å². The average molecular weight is 316 g/mol. The normalized spacial score (nSPS) is 17.9. The van der Waals surface area contributed by atoms with Gasteiger partial charge >= 0.3 is 5.97 Å². The summed E-state index contributed by atoms with van der Waals surface area (Å²) in [6, 6.07) is 8.49. The lowest BCUT2D eigenvalue weighted by atomic mass is 9.95. The minimum atomic E-state index is -0.968. The van der Waals surface area contributed by atoms with E-state index in [-0.39, 0.29) is 11.9 Å². The Labute approximate surface area is 134 Å². The van der Waals surface area contributed by atoms with E-state index in [2.05, 4.69) is 10.9 Å². The minimum absolute atomic E-state index is 0.200. The van der Waals surface area contributed by atoms with Gasteiger partial charge in [0.25, 0.3) is 11.8 Å². The van der Waals surface area contributed by atoms with Gasteiger partial charge in [-0.15, -0.1) is 0 Å². The SMILES string of the molecule is C[C@H](OC(=O)[C@@H]1CC=CCC1)C(=O)NNC(=O)c1ccccc1. The van der Waals surface area contributed by atoms with E-state index in [4.69, 9.17) is 4.74 Å². The fourth-order valence-corrected chi connectivity index (χ4v) is 2.21. The molecule has 6 heteroatoms. The maximum absolute atomic E-state index is 11.9. The molecule has 0 bridgehead atoms. The fourth-order valence-electron chi connectivity index (χ4n) is 2.21. The molecule has 0 saturated carbocycles. The van der Waals surface area contributed by atoms with E-state index in [9.17, 15) is 14.4 Å². The lowest BCUT2D eigenvalue weighted by molar-refractivity contribution is -0.159. The third-order valence-corrected chi connectivity index (χ3v) is 3.60. The number of hydrogen-bond acceptors (Lipinski definition) is 4. The summed E-state index contributed by atoms with van der Waals surface area (Å²) in [4.78, 5) is 35.6. The van der Waals surface area contributed by atoms with Crippen molar-refractivity contribution < 1.29 is 19.1 Å². The number of esters is 1. The highest BCUT2D eigenvalue weighted by molar-refractivity contribution is 5.95. The van der Waals surface area contributed by atoms with Crippen LogP contribution in [-0.2, 0) is 14.3 Å². The van der Waals surface area contributed by atoms with Crippen LogP contribution < -0.4 is 10.9 Å². The van der Waals surface area contributed by atoms with Crippen LogP contribution in [-0.4, -0.2) is 23.9 Å². The molecule has 0 radical (unpaired) electrons. The van der Waals surface area contributed by atoms with Gasteiger partial charge in [0.05, 0.1) is 5.92 Å². The molecule has 0 aromatic heterocycles. The van der Waals surface area contributed by atoms with Crippen LogP contribution >= 0.6 is 0 Å². The summed E-state index contributed by atoms with van der Waals surface area (Å²) in [6.45, 7) is 1.47. The van der Waals surface area contributed by atoms with Crippen molar-refractivity contribution in [2.24, 2.45) is 5.92 Å². The molecule has 23 heavy (non-hydrogen) atoms. The Balaban J connectivity index is 1.77. The standard InChI is InChI=1S/C17H20N2O4/c1-12(23-17(22)14-10-6-3-7-11-14)15(20)18-19-16(21)13-8-4-2-5-9-13/h2-6,8-9,12,14H,7,10-11H2,1H3,(H,18,20)(H,19,21)/t12-,14+/m0/s1. The Morgan fingerprint density at radius 1 is 1.13 bits per heavy atom. The van der Waals surface area contributed by atoms with Crippen LogP contribution in [0.15, 0.2) is 42.5 Å². The molecule has 1 aliphatic rings. The first kappa shape index (κ1) is 16.7. The van der Waals surface area contributed by atoms with Crippen LogP contribution in [0.3, 0.4) is 0 Å². The highest BCUT2D eigenvalue weighted by Crippen LogP contribution is 2.20. The Hall–Kier alpha value is -2.63. The molecular weight excluding hydrogens is 296 g/mol. The molecule has 122 valence electrons. The van der Waals surface area contributed by atoms with Crippen molar-refractivity contribution in [2.45, 2.75) is 32.3 Å². The molecule has 0 fully saturated rings. The summed E-state index contributed by atoms with van der Waals surface area (Å²) >= 11 is 0. The minimum Gasteiger partial charge on any atom is -0.452 e. The molecule has 6 nitrogen and oxygen atoms in total. The van der Waals surface area contributed by atoms with Crippen LogP contribution in [0.4, 0.5) is 0 Å². The van der Waals surface area contributed by atoms with Crippen molar-refractivity contribution in [1.29, 1.82) is 0 Å². The van der Waals surface area contributed by atoms with E-state index in [0.717, 1.165) is 12.8 Å². The van der Waals surface area contributed by atoms with Gasteiger partial charge in [-0.3, -0.25) is 25.2 Å². The van der Waals surface area contributed by atoms with Gasteiger partial charge < -0.3 is 4.74 Å². The van der Waals surface area contributed by atoms with Gasteiger partial charge in [0.2, 0.25) is 0 Å². The van der Waals surface area contributed by atoms with Crippen LogP contribution in [0.25, 0.3) is 0 Å². The van der Waals surface area contributed by atoms with Crippen LogP contribution in [0, 0.1) is 5.92 Å². The molecule has 1 aromatic rings. The van der Waals surface area contributed by atoms with E-state index in [1.165, 1.54) is 6.92 Å². The van der Waals surface area contributed by atoms with Crippen LogP contribution in [0.1, 0.15) is 36.5 Å². The predicted molar refractivity (Wildman–Crippen MR) is 84.1 cm³/mol. The first-order valence-corrected chi connectivity index (χ1v) is 7.58. The maximum atomic E-state index is 11.9. The van der Waals surface area contributed by atoms with E-state index in [1.807, 2.05) is 12.2 Å². The number of ether oxygens (including phenoxy) is 1. The van der Waals surface area contributed by atoms with Gasteiger partial charge in [0.1, 0.15) is 0 Å². The summed E-state index contributed by atoms with van der Waals surface area (Å²) in [6.07, 6.45) is 5.21. The molecule has 0 saturated heterocycles. The van der Waals surface area contributed by atoms with Gasteiger partial charge in [-0.2, -0.15) is 0 Å². The zero-order chi connectivity index (χ0) is 16.7. The second-order valence-electron chi connectivity index (χ2n) is 5.37. The van der Waals surface area contributed by atoms with Crippen LogP contribution in [0.5, 0.6) is 0 Å². The first-order chi connectivity index (χ1) is 11.1. The highest BCUT2D eigenvalue weighted by Gasteiger charge is 2.25. The molecule has 0 heterocycles. The number of amides is 2. The summed E-state index contributed by atoms with van der Waals surface area (Å²) in [5.41, 5.74) is 4.97. The summed E-state index contributed by atoms with van der Waals surface area (Å²) in [5.74, 6) is -1.59. The molecular formula is C17H20N2O4. The van der Waals surface area contributed by atoms with Crippen molar-refractivity contribution in [1.82, 2.24) is 10.9 Å². The smallest absolute Gasteiger partial charge is 0.310 e. The number of carbonyl (C=O) groups excluding carboxylic acids is 3. The first-order valence-electron chi connectivity index (χ1n) is 7.58. The maximum Gasteiger partial charge on any atom is 0.310 e. The number of allylic oxidation sites excluding steroid dienone is 2. The summed E-state index contributed by atoms with van der Waals surface area (Å²) in [5, 5.41) is 0. The van der Waals surface area contributed by atoms with Crippen LogP contribution in [0.2, 0.25) is 0 Å². The Morgan fingerprint density at radius 3 is 2.52 bits per heavy atom. The van der Waals surface area contributed by atoms with Gasteiger partial charge in [-0.05, 0) is 38.3 Å². The van der Waals surface area contributed by atoms with Crippen molar-refractivity contribution >= 4 is 17.8 Å². The van der Waals surface area contributed by atoms with Gasteiger partial charge in [0, 0.05) is 5.56 Å². The fraction of sp³-hybridized carbons (Fsp3) is 0.353. The molecule has 2 atom stereocenters. The van der Waals surface area contributed by atoms with Crippen molar-refractivity contribution in [2.75, 3.05) is 0 Å². The highest BCUT2D eigenvalue weighted by atomic mass is 16.5. The van der Waals surface area contributed by atoms with E-state index < -0.39 is 17.9 Å². The monoisotopic (exact) mass is 316 g/mol. The van der Waals surface area contributed by atoms with Gasteiger partial charge in [-0.1, -0.05) is 30.4 Å². The number of hydrazine groups is 1. The quantitative estimate of drug-likeness (QED) is 0.503. The number of benzene rings is 1. The molecule has 0 spiro atoms. The average Bonchev–Trinajstić information content (AvgIpc) is 2.60. The molecule has 1 aliphatic carbocycles. The van der Waals surface area contributed by atoms with E-state index in [1.54, 1.807) is 30.3 Å². The second kappa shape index (κ2) is 8.12. The van der Waals surface area contributed by atoms with Crippen molar-refractivity contribution in [3.05, 3.63) is 48.0 Å². The zero-order valence-corrected chi connectivity index (χ0v) is 13.0. The summed E-state index contributed by atoms with van der Waals surface area (Å²) < 4.78 is 5.15. The number of rotatable bonds is 4. The third-order valence-electron chi connectivity index (χ3n) is 3.60. The van der Waals surface area contributed by atoms with Crippen molar-refractivity contribution in [3.63, 3.8) is 0 Å². The van der Waals surface area contributed by atoms with Crippen molar-refractivity contribution in [3.8, 4) is 0 Å². The molecule has 0 unspecified atom stereocenters. The molecule has 2 rings (SSSR count). The number of carbonyl (C=O) groups is 3. The third kappa shape index (κ3) is 4.95. The van der Waals surface area contributed by atoms with Gasteiger partial charge in [0.15, 0.2) is 6.10 Å². The summed E-state index contributed by atoms with van der Waals surface area (Å²) in [7, 11) is 0. The molecule has 1 aromatic carbocycles. The number of nitrogens with one attached hydrogen (secondary N) is 2. The Morgan fingerprint density at radius 2 is 1.87 bits per heavy atom. The predicted octanol–water partition coefficient (Wildman–Crippen LogP) is 1.74. The Bertz CT molecular complexity index is 598. The zero-order valence-electron chi connectivity index (χ0n) is 13.0.